The van der Waals surface area contributed by atoms with Crippen LogP contribution in [0.5, 0.6) is 11.5 Å². The standard InChI is InChI=1S/C24H26N2O5S/c1-18-13-14-20(32(28,29)26(2)3)17-22(18)25-24(27)21-11-7-8-12-23(21)31-16-15-30-19-9-5-4-6-10-19/h4-14,17H,15-16H2,1-3H3,(H,25,27). The second-order valence-corrected chi connectivity index (χ2v) is 9.38. The lowest BCUT2D eigenvalue weighted by Gasteiger charge is -2.15. The van der Waals surface area contributed by atoms with Crippen LogP contribution in [0.3, 0.4) is 0 Å². The van der Waals surface area contributed by atoms with Gasteiger partial charge in [0.1, 0.15) is 24.7 Å². The normalized spacial score (nSPS) is 11.2. The summed E-state index contributed by atoms with van der Waals surface area (Å²) in [7, 11) is -0.697. The van der Waals surface area contributed by atoms with Gasteiger partial charge in [0.15, 0.2) is 0 Å². The zero-order valence-corrected chi connectivity index (χ0v) is 19.1. The summed E-state index contributed by atoms with van der Waals surface area (Å²) in [6.45, 7) is 2.38. The third-order valence-electron chi connectivity index (χ3n) is 4.72. The molecule has 0 aliphatic rings. The van der Waals surface area contributed by atoms with Gasteiger partial charge in [0.05, 0.1) is 10.5 Å². The highest BCUT2D eigenvalue weighted by atomic mass is 32.2. The molecule has 1 amide bonds. The van der Waals surface area contributed by atoms with Crippen LogP contribution in [-0.2, 0) is 10.0 Å². The number of amides is 1. The maximum Gasteiger partial charge on any atom is 0.259 e. The van der Waals surface area contributed by atoms with E-state index in [1.807, 2.05) is 30.3 Å². The Morgan fingerprint density at radius 1 is 0.906 bits per heavy atom. The zero-order chi connectivity index (χ0) is 23.1. The van der Waals surface area contributed by atoms with Crippen LogP contribution in [0, 0.1) is 6.92 Å². The Morgan fingerprint density at radius 3 is 2.28 bits per heavy atom. The number of anilines is 1. The second-order valence-electron chi connectivity index (χ2n) is 7.22. The van der Waals surface area contributed by atoms with E-state index < -0.39 is 15.9 Å². The van der Waals surface area contributed by atoms with Crippen LogP contribution in [0.1, 0.15) is 15.9 Å². The summed E-state index contributed by atoms with van der Waals surface area (Å²) in [6, 6.07) is 20.9. The fourth-order valence-electron chi connectivity index (χ4n) is 2.90. The van der Waals surface area contributed by atoms with Gasteiger partial charge in [-0.1, -0.05) is 36.4 Å². The lowest BCUT2D eigenvalue weighted by Crippen LogP contribution is -2.22. The van der Waals surface area contributed by atoms with E-state index in [1.54, 1.807) is 37.3 Å². The fourth-order valence-corrected chi connectivity index (χ4v) is 3.83. The smallest absolute Gasteiger partial charge is 0.259 e. The van der Waals surface area contributed by atoms with Gasteiger partial charge in [0.25, 0.3) is 5.91 Å². The molecule has 0 unspecified atom stereocenters. The van der Waals surface area contributed by atoms with Crippen LogP contribution in [-0.4, -0.2) is 45.9 Å². The van der Waals surface area contributed by atoms with Gasteiger partial charge in [-0.15, -0.1) is 0 Å². The number of hydrogen-bond acceptors (Lipinski definition) is 5. The summed E-state index contributed by atoms with van der Waals surface area (Å²) >= 11 is 0. The number of para-hydroxylation sites is 2. The highest BCUT2D eigenvalue weighted by molar-refractivity contribution is 7.89. The summed E-state index contributed by atoms with van der Waals surface area (Å²) < 4.78 is 37.4. The summed E-state index contributed by atoms with van der Waals surface area (Å²) in [5.41, 5.74) is 1.50. The quantitative estimate of drug-likeness (QED) is 0.495. The van der Waals surface area contributed by atoms with Crippen molar-refractivity contribution in [2.45, 2.75) is 11.8 Å². The molecule has 0 fully saturated rings. The van der Waals surface area contributed by atoms with Crippen LogP contribution in [0.25, 0.3) is 0 Å². The van der Waals surface area contributed by atoms with Crippen molar-refractivity contribution in [2.24, 2.45) is 0 Å². The number of aryl methyl sites for hydroxylation is 1. The Bertz CT molecular complexity index is 1180. The van der Waals surface area contributed by atoms with Crippen LogP contribution >= 0.6 is 0 Å². The van der Waals surface area contributed by atoms with Crippen LogP contribution < -0.4 is 14.8 Å². The van der Waals surface area contributed by atoms with Gasteiger partial charge in [-0.2, -0.15) is 0 Å². The molecule has 3 aromatic carbocycles. The van der Waals surface area contributed by atoms with Gasteiger partial charge in [-0.05, 0) is 48.9 Å². The number of carbonyl (C=O) groups excluding carboxylic acids is 1. The topological polar surface area (TPSA) is 84.9 Å². The van der Waals surface area contributed by atoms with E-state index in [0.717, 1.165) is 15.6 Å². The van der Waals surface area contributed by atoms with E-state index in [-0.39, 0.29) is 11.5 Å². The van der Waals surface area contributed by atoms with Gasteiger partial charge in [-0.3, -0.25) is 4.79 Å². The van der Waals surface area contributed by atoms with Crippen molar-refractivity contribution >= 4 is 21.6 Å². The molecular weight excluding hydrogens is 428 g/mol. The third kappa shape index (κ3) is 5.66. The van der Waals surface area contributed by atoms with Crippen molar-refractivity contribution in [1.82, 2.24) is 4.31 Å². The predicted molar refractivity (Wildman–Crippen MR) is 124 cm³/mol. The molecule has 0 saturated carbocycles. The second kappa shape index (κ2) is 10.3. The van der Waals surface area contributed by atoms with Gasteiger partial charge in [-0.25, -0.2) is 12.7 Å². The zero-order valence-electron chi connectivity index (χ0n) is 18.2. The number of sulfonamides is 1. The highest BCUT2D eigenvalue weighted by Gasteiger charge is 2.19. The minimum absolute atomic E-state index is 0.103. The first-order valence-electron chi connectivity index (χ1n) is 10.0. The Labute approximate surface area is 188 Å². The Kier molecular flexibility index (Phi) is 7.50. The summed E-state index contributed by atoms with van der Waals surface area (Å²) in [6.07, 6.45) is 0. The number of nitrogens with zero attached hydrogens (tertiary/aromatic N) is 1. The maximum atomic E-state index is 13.0. The Morgan fingerprint density at radius 2 is 1.56 bits per heavy atom. The molecule has 0 heterocycles. The minimum Gasteiger partial charge on any atom is -0.490 e. The molecule has 3 rings (SSSR count). The van der Waals surface area contributed by atoms with Gasteiger partial charge in [0, 0.05) is 19.8 Å². The largest absolute Gasteiger partial charge is 0.490 e. The summed E-state index contributed by atoms with van der Waals surface area (Å²) in [4.78, 5) is 13.1. The first-order chi connectivity index (χ1) is 15.3. The van der Waals surface area contributed by atoms with Gasteiger partial charge >= 0.3 is 0 Å². The molecule has 0 aliphatic carbocycles. The SMILES string of the molecule is Cc1ccc(S(=O)(=O)N(C)C)cc1NC(=O)c1ccccc1OCCOc1ccccc1. The Balaban J connectivity index is 1.71. The van der Waals surface area contributed by atoms with E-state index in [0.29, 0.717) is 23.6 Å². The highest BCUT2D eigenvalue weighted by Crippen LogP contribution is 2.24. The van der Waals surface area contributed by atoms with Gasteiger partial charge in [0.2, 0.25) is 10.0 Å². The third-order valence-corrected chi connectivity index (χ3v) is 6.53. The molecule has 0 aromatic heterocycles. The number of ether oxygens (including phenoxy) is 2. The van der Waals surface area contributed by atoms with E-state index in [9.17, 15) is 13.2 Å². The number of benzene rings is 3. The van der Waals surface area contributed by atoms with Gasteiger partial charge < -0.3 is 14.8 Å². The lowest BCUT2D eigenvalue weighted by molar-refractivity contribution is 0.102. The van der Waals surface area contributed by atoms with Crippen molar-refractivity contribution < 1.29 is 22.7 Å². The molecule has 0 aliphatic heterocycles. The lowest BCUT2D eigenvalue weighted by atomic mass is 10.1. The van der Waals surface area contributed by atoms with Crippen LogP contribution in [0.4, 0.5) is 5.69 Å². The molecule has 0 radical (unpaired) electrons. The molecule has 32 heavy (non-hydrogen) atoms. The molecular formula is C24H26N2O5S. The molecule has 3 aromatic rings. The average molecular weight is 455 g/mol. The van der Waals surface area contributed by atoms with E-state index in [1.165, 1.54) is 26.2 Å². The Hall–Kier alpha value is -3.36. The van der Waals surface area contributed by atoms with Crippen LogP contribution in [0.2, 0.25) is 0 Å². The number of hydrogen-bond donors (Lipinski definition) is 1. The molecule has 0 saturated heterocycles. The maximum absolute atomic E-state index is 13.0. The minimum atomic E-state index is -3.62. The molecule has 168 valence electrons. The van der Waals surface area contributed by atoms with Crippen molar-refractivity contribution in [3.63, 3.8) is 0 Å². The molecule has 8 heteroatoms. The fraction of sp³-hybridized carbons (Fsp3) is 0.208. The number of nitrogens with one attached hydrogen (secondary N) is 1. The molecule has 0 spiro atoms. The number of carbonyl (C=O) groups is 1. The van der Waals surface area contributed by atoms with E-state index in [2.05, 4.69) is 5.32 Å². The molecule has 1 N–H and O–H groups in total. The summed E-state index contributed by atoms with van der Waals surface area (Å²) in [5.74, 6) is 0.758. The monoisotopic (exact) mass is 454 g/mol. The first kappa shape index (κ1) is 23.3. The van der Waals surface area contributed by atoms with E-state index >= 15 is 0 Å². The molecule has 0 atom stereocenters. The summed E-state index contributed by atoms with van der Waals surface area (Å²) in [5, 5.41) is 2.80. The van der Waals surface area contributed by atoms with Crippen LogP contribution in [0.15, 0.2) is 77.7 Å². The molecule has 0 bridgehead atoms. The van der Waals surface area contributed by atoms with Crippen molar-refractivity contribution in [3.8, 4) is 11.5 Å². The number of rotatable bonds is 9. The predicted octanol–water partition coefficient (Wildman–Crippen LogP) is 3.96. The molecule has 7 nitrogen and oxygen atoms in total. The first-order valence-corrected chi connectivity index (χ1v) is 11.5. The van der Waals surface area contributed by atoms with Crippen molar-refractivity contribution in [1.29, 1.82) is 0 Å². The average Bonchev–Trinajstić information content (AvgIpc) is 2.79. The van der Waals surface area contributed by atoms with Crippen molar-refractivity contribution in [2.75, 3.05) is 32.6 Å². The van der Waals surface area contributed by atoms with E-state index in [4.69, 9.17) is 9.47 Å². The van der Waals surface area contributed by atoms with Crippen molar-refractivity contribution in [3.05, 3.63) is 83.9 Å².